The zero-order chi connectivity index (χ0) is 26.3. The number of carbonyl (C=O) groups excluding carboxylic acids is 1. The number of H-pyrrole nitrogens is 1. The molecule has 2 heterocycles. The van der Waals surface area contributed by atoms with Crippen LogP contribution in [-0.4, -0.2) is 16.0 Å². The molecule has 188 valence electrons. The predicted octanol–water partition coefficient (Wildman–Crippen LogP) is 5.60. The van der Waals surface area contributed by atoms with Crippen LogP contribution in [0.4, 0.5) is 18.9 Å². The standard InChI is InChI=1S/C26H18ClF3N4O2S/c1-15(35)33-21-9-5-3-7-19(21)22-23(36)31-25(37-14-17-6-2-4-8-20(17)27)32-34(22)24(33)16-10-12-18(13-11-16)26(28,29)30/h2-13,24H,14H2,1H3/p+1/t24-/m0/s1. The van der Waals surface area contributed by atoms with Gasteiger partial charge in [0.25, 0.3) is 6.17 Å². The van der Waals surface area contributed by atoms with Crippen molar-refractivity contribution in [3.63, 3.8) is 0 Å². The van der Waals surface area contributed by atoms with Crippen LogP contribution >= 0.6 is 23.4 Å². The van der Waals surface area contributed by atoms with E-state index in [1.807, 2.05) is 18.2 Å². The largest absolute Gasteiger partial charge is 0.416 e. The van der Waals surface area contributed by atoms with Gasteiger partial charge in [0.15, 0.2) is 0 Å². The number of rotatable bonds is 4. The van der Waals surface area contributed by atoms with E-state index >= 15 is 0 Å². The van der Waals surface area contributed by atoms with Gasteiger partial charge >= 0.3 is 17.4 Å². The molecule has 0 spiro atoms. The number of halogens is 4. The van der Waals surface area contributed by atoms with Gasteiger partial charge in [0.05, 0.1) is 16.8 Å². The molecular formula is C26H19ClF3N4O2S+. The number of nitrogens with zero attached hydrogens (tertiary/aromatic N) is 3. The Morgan fingerprint density at radius 2 is 1.76 bits per heavy atom. The molecule has 0 bridgehead atoms. The van der Waals surface area contributed by atoms with Crippen LogP contribution in [0.2, 0.25) is 5.02 Å². The van der Waals surface area contributed by atoms with Gasteiger partial charge in [0.1, 0.15) is 0 Å². The fourth-order valence-corrected chi connectivity index (χ4v) is 5.42. The third-order valence-electron chi connectivity index (χ3n) is 5.96. The Hall–Kier alpha value is -3.63. The monoisotopic (exact) mass is 543 g/mol. The molecule has 0 radical (unpaired) electrons. The number of fused-ring (bicyclic) bond motifs is 3. The molecule has 1 amide bonds. The summed E-state index contributed by atoms with van der Waals surface area (Å²) in [5, 5.41) is 5.49. The van der Waals surface area contributed by atoms with Crippen LogP contribution in [-0.2, 0) is 16.7 Å². The van der Waals surface area contributed by atoms with Crippen LogP contribution in [0.3, 0.4) is 0 Å². The maximum atomic E-state index is 13.4. The third kappa shape index (κ3) is 4.74. The van der Waals surface area contributed by atoms with E-state index < -0.39 is 23.5 Å². The Labute approximate surface area is 218 Å². The highest BCUT2D eigenvalue weighted by Crippen LogP contribution is 2.38. The number of hydrogen-bond acceptors (Lipinski definition) is 4. The van der Waals surface area contributed by atoms with Crippen LogP contribution in [0.5, 0.6) is 0 Å². The number of hydrogen-bond donors (Lipinski definition) is 1. The highest BCUT2D eigenvalue weighted by Gasteiger charge is 2.45. The highest BCUT2D eigenvalue weighted by atomic mass is 35.5. The van der Waals surface area contributed by atoms with Crippen molar-refractivity contribution in [2.75, 3.05) is 4.90 Å². The second-order valence-corrected chi connectivity index (χ2v) is 9.70. The van der Waals surface area contributed by atoms with E-state index in [0.29, 0.717) is 27.6 Å². The van der Waals surface area contributed by atoms with Gasteiger partial charge in [-0.3, -0.25) is 14.6 Å². The van der Waals surface area contributed by atoms with Crippen molar-refractivity contribution in [3.8, 4) is 11.3 Å². The maximum absolute atomic E-state index is 13.4. The number of carbonyl (C=O) groups is 1. The number of aromatic nitrogens is 3. The molecule has 0 aliphatic carbocycles. The van der Waals surface area contributed by atoms with Crippen molar-refractivity contribution in [1.82, 2.24) is 10.1 Å². The molecular weight excluding hydrogens is 525 g/mol. The number of nitrogens with one attached hydrogen (secondary N) is 1. The average Bonchev–Trinajstić information content (AvgIpc) is 2.86. The fraction of sp³-hybridized carbons (Fsp3) is 0.154. The van der Waals surface area contributed by atoms with E-state index in [1.165, 1.54) is 40.4 Å². The molecule has 1 aliphatic heterocycles. The van der Waals surface area contributed by atoms with Gasteiger partial charge in [-0.25, -0.2) is 4.90 Å². The molecule has 11 heteroatoms. The lowest BCUT2D eigenvalue weighted by molar-refractivity contribution is -0.763. The summed E-state index contributed by atoms with van der Waals surface area (Å²) in [4.78, 5) is 30.5. The summed E-state index contributed by atoms with van der Waals surface area (Å²) in [5.74, 6) is 0.0581. The lowest BCUT2D eigenvalue weighted by Gasteiger charge is -2.31. The normalized spacial score (nSPS) is 14.7. The van der Waals surface area contributed by atoms with Gasteiger partial charge in [0.2, 0.25) is 11.1 Å². The predicted molar refractivity (Wildman–Crippen MR) is 134 cm³/mol. The van der Waals surface area contributed by atoms with Crippen molar-refractivity contribution in [2.24, 2.45) is 0 Å². The number of thioether (sulfide) groups is 1. The highest BCUT2D eigenvalue weighted by molar-refractivity contribution is 7.98. The van der Waals surface area contributed by atoms with Gasteiger partial charge in [-0.05, 0) is 52.7 Å². The molecule has 6 nitrogen and oxygen atoms in total. The maximum Gasteiger partial charge on any atom is 0.416 e. The van der Waals surface area contributed by atoms with Gasteiger partial charge in [-0.1, -0.05) is 53.7 Å². The molecule has 1 N–H and O–H groups in total. The van der Waals surface area contributed by atoms with Crippen molar-refractivity contribution in [1.29, 1.82) is 0 Å². The lowest BCUT2D eigenvalue weighted by Crippen LogP contribution is -2.60. The summed E-state index contributed by atoms with van der Waals surface area (Å²) in [6.07, 6.45) is -5.49. The first kappa shape index (κ1) is 25.0. The summed E-state index contributed by atoms with van der Waals surface area (Å²) in [6.45, 7) is 1.36. The minimum Gasteiger partial charge on any atom is -0.291 e. The fourth-order valence-electron chi connectivity index (χ4n) is 4.28. The van der Waals surface area contributed by atoms with Gasteiger partial charge in [-0.2, -0.15) is 13.2 Å². The van der Waals surface area contributed by atoms with Gasteiger partial charge < -0.3 is 0 Å². The topological polar surface area (TPSA) is 69.9 Å². The number of anilines is 1. The van der Waals surface area contributed by atoms with E-state index in [0.717, 1.165) is 17.7 Å². The Morgan fingerprint density at radius 3 is 2.43 bits per heavy atom. The number of amides is 1. The second-order valence-electron chi connectivity index (χ2n) is 8.33. The molecule has 1 aliphatic rings. The zero-order valence-corrected chi connectivity index (χ0v) is 20.9. The van der Waals surface area contributed by atoms with E-state index in [2.05, 4.69) is 10.1 Å². The number of benzene rings is 3. The lowest BCUT2D eigenvalue weighted by atomic mass is 10.0. The summed E-state index contributed by atoms with van der Waals surface area (Å²) < 4.78 is 41.1. The van der Waals surface area contributed by atoms with Gasteiger partial charge in [0, 0.05) is 28.4 Å². The van der Waals surface area contributed by atoms with Crippen LogP contribution < -0.4 is 15.1 Å². The zero-order valence-electron chi connectivity index (χ0n) is 19.3. The molecule has 37 heavy (non-hydrogen) atoms. The molecule has 1 atom stereocenters. The van der Waals surface area contributed by atoms with Crippen molar-refractivity contribution in [2.45, 2.75) is 30.2 Å². The number of aromatic amines is 1. The minimum atomic E-state index is -4.51. The smallest absolute Gasteiger partial charge is 0.291 e. The molecule has 3 aromatic carbocycles. The molecule has 0 saturated heterocycles. The number of alkyl halides is 3. The molecule has 0 unspecified atom stereocenters. The summed E-state index contributed by atoms with van der Waals surface area (Å²) in [7, 11) is 0. The van der Waals surface area contributed by atoms with Crippen LogP contribution in [0, 0.1) is 0 Å². The quantitative estimate of drug-likeness (QED) is 0.269. The van der Waals surface area contributed by atoms with Crippen LogP contribution in [0.25, 0.3) is 11.3 Å². The van der Waals surface area contributed by atoms with E-state index in [4.69, 9.17) is 11.6 Å². The molecule has 4 aromatic rings. The van der Waals surface area contributed by atoms with Crippen molar-refractivity contribution in [3.05, 3.63) is 105 Å². The summed E-state index contributed by atoms with van der Waals surface area (Å²) in [5.41, 5.74) is 1.09. The first-order valence-corrected chi connectivity index (χ1v) is 12.5. The first-order chi connectivity index (χ1) is 17.6. The minimum absolute atomic E-state index is 0.195. The third-order valence-corrected chi connectivity index (χ3v) is 7.24. The second kappa shape index (κ2) is 9.68. The molecule has 0 saturated carbocycles. The van der Waals surface area contributed by atoms with Crippen molar-refractivity contribution >= 4 is 35.0 Å². The number of para-hydroxylation sites is 1. The Kier molecular flexibility index (Phi) is 6.55. The first-order valence-electron chi connectivity index (χ1n) is 11.1. The van der Waals surface area contributed by atoms with E-state index in [-0.39, 0.29) is 16.8 Å². The molecule has 5 rings (SSSR count). The Morgan fingerprint density at radius 1 is 1.08 bits per heavy atom. The molecule has 0 fully saturated rings. The summed E-state index contributed by atoms with van der Waals surface area (Å²) >= 11 is 7.50. The van der Waals surface area contributed by atoms with Crippen molar-refractivity contribution < 1.29 is 22.6 Å². The van der Waals surface area contributed by atoms with E-state index in [9.17, 15) is 22.8 Å². The SMILES string of the molecule is CC(=O)N1c2ccccc2-c2c(=O)[nH]c(SCc3ccccc3Cl)n[n+]2[C@H]1c1ccc(C(F)(F)F)cc1. The summed E-state index contributed by atoms with van der Waals surface area (Å²) in [6, 6.07) is 18.6. The van der Waals surface area contributed by atoms with E-state index in [1.54, 1.807) is 30.3 Å². The molecule has 1 aromatic heterocycles. The van der Waals surface area contributed by atoms with Crippen LogP contribution in [0.15, 0.2) is 82.7 Å². The average molecular weight is 544 g/mol. The van der Waals surface area contributed by atoms with Gasteiger partial charge in [-0.15, -0.1) is 0 Å². The van der Waals surface area contributed by atoms with Crippen LogP contribution in [0.1, 0.15) is 29.8 Å². The Balaban J connectivity index is 1.66. The Bertz CT molecular complexity index is 1560.